The van der Waals surface area contributed by atoms with Crippen molar-refractivity contribution in [2.45, 2.75) is 19.9 Å². The van der Waals surface area contributed by atoms with Crippen LogP contribution in [-0.4, -0.2) is 46.3 Å². The van der Waals surface area contributed by atoms with E-state index in [9.17, 15) is 9.18 Å². The maximum atomic E-state index is 13.8. The molecule has 0 bridgehead atoms. The molecule has 0 unspecified atom stereocenters. The van der Waals surface area contributed by atoms with Gasteiger partial charge in [-0.3, -0.25) is 10.00 Å². The van der Waals surface area contributed by atoms with Crippen molar-refractivity contribution in [2.24, 2.45) is 0 Å². The number of methoxy groups -OCH3 is 1. The monoisotopic (exact) mass is 395 g/mol. The first kappa shape index (κ1) is 18.9. The molecule has 1 aliphatic heterocycles. The van der Waals surface area contributed by atoms with Crippen molar-refractivity contribution >= 4 is 11.8 Å². The summed E-state index contributed by atoms with van der Waals surface area (Å²) in [6, 6.07) is 6.30. The van der Waals surface area contributed by atoms with Gasteiger partial charge in [-0.05, 0) is 35.7 Å². The molecule has 0 saturated carbocycles. The molecule has 4 rings (SSSR count). The van der Waals surface area contributed by atoms with Crippen molar-refractivity contribution in [3.63, 3.8) is 0 Å². The van der Waals surface area contributed by atoms with E-state index in [2.05, 4.69) is 22.1 Å². The number of hydrogen-bond donors (Lipinski definition) is 1. The van der Waals surface area contributed by atoms with Gasteiger partial charge < -0.3 is 9.64 Å². The number of anilines is 1. The van der Waals surface area contributed by atoms with Crippen LogP contribution >= 0.6 is 0 Å². The Hall–Kier alpha value is -3.42. The summed E-state index contributed by atoms with van der Waals surface area (Å²) in [7, 11) is 1.49. The number of hydrogen-bond acceptors (Lipinski definition) is 4. The highest BCUT2D eigenvalue weighted by Gasteiger charge is 2.31. The van der Waals surface area contributed by atoms with E-state index in [-0.39, 0.29) is 11.8 Å². The number of aryl methyl sites for hydroxylation is 1. The third kappa shape index (κ3) is 3.78. The topological polar surface area (TPSA) is 74.3 Å². The zero-order valence-corrected chi connectivity index (χ0v) is 16.4. The van der Waals surface area contributed by atoms with E-state index >= 15 is 0 Å². The largest absolute Gasteiger partial charge is 0.497 e. The molecular weight excluding hydrogens is 373 g/mol. The lowest BCUT2D eigenvalue weighted by Gasteiger charge is -2.19. The Bertz CT molecular complexity index is 1020. The number of H-pyrrole nitrogens is 1. The van der Waals surface area contributed by atoms with Crippen LogP contribution < -0.4 is 9.64 Å². The zero-order chi connectivity index (χ0) is 20.4. The third-order valence-corrected chi connectivity index (χ3v) is 5.08. The Labute approximate surface area is 168 Å². The Balaban J connectivity index is 1.54. The summed E-state index contributed by atoms with van der Waals surface area (Å²) >= 11 is 0. The van der Waals surface area contributed by atoms with Crippen molar-refractivity contribution in [1.82, 2.24) is 20.1 Å². The Morgan fingerprint density at radius 1 is 1.21 bits per heavy atom. The van der Waals surface area contributed by atoms with Gasteiger partial charge in [-0.15, -0.1) is 0 Å². The summed E-state index contributed by atoms with van der Waals surface area (Å²) in [6.07, 6.45) is 6.18. The second-order valence-corrected chi connectivity index (χ2v) is 6.90. The normalized spacial score (nSPS) is 14.0. The molecule has 150 valence electrons. The summed E-state index contributed by atoms with van der Waals surface area (Å²) in [5.41, 5.74) is 3.75. The predicted octanol–water partition coefficient (Wildman–Crippen LogP) is 3.62. The van der Waals surface area contributed by atoms with E-state index in [0.29, 0.717) is 36.8 Å². The summed E-state index contributed by atoms with van der Waals surface area (Å²) < 4.78 is 18.9. The van der Waals surface area contributed by atoms with Crippen molar-refractivity contribution < 1.29 is 13.9 Å². The number of halogens is 1. The average molecular weight is 395 g/mol. The van der Waals surface area contributed by atoms with Gasteiger partial charge in [0.25, 0.3) is 0 Å². The van der Waals surface area contributed by atoms with Crippen molar-refractivity contribution in [2.75, 3.05) is 25.1 Å². The number of ether oxygens (including phenoxy) is 1. The molecule has 0 radical (unpaired) electrons. The Morgan fingerprint density at radius 2 is 2.07 bits per heavy atom. The maximum absolute atomic E-state index is 13.8. The van der Waals surface area contributed by atoms with Crippen molar-refractivity contribution in [3.05, 3.63) is 59.8 Å². The highest BCUT2D eigenvalue weighted by atomic mass is 19.1. The molecule has 8 heteroatoms. The summed E-state index contributed by atoms with van der Waals surface area (Å²) in [5, 5.41) is 6.81. The van der Waals surface area contributed by atoms with Crippen LogP contribution in [0.25, 0.3) is 11.1 Å². The predicted molar refractivity (Wildman–Crippen MR) is 107 cm³/mol. The maximum Gasteiger partial charge on any atom is 0.326 e. The molecule has 1 N–H and O–H groups in total. The molecule has 0 atom stereocenters. The second kappa shape index (κ2) is 7.90. The van der Waals surface area contributed by atoms with Crippen LogP contribution in [0.2, 0.25) is 0 Å². The molecule has 29 heavy (non-hydrogen) atoms. The fourth-order valence-corrected chi connectivity index (χ4v) is 3.57. The van der Waals surface area contributed by atoms with Crippen LogP contribution in [0.3, 0.4) is 0 Å². The molecule has 1 saturated heterocycles. The summed E-state index contributed by atoms with van der Waals surface area (Å²) in [5.74, 6) is 0.679. The van der Waals surface area contributed by atoms with Gasteiger partial charge in [0.1, 0.15) is 17.4 Å². The van der Waals surface area contributed by atoms with Gasteiger partial charge >= 0.3 is 6.03 Å². The highest BCUT2D eigenvalue weighted by molar-refractivity contribution is 5.93. The van der Waals surface area contributed by atoms with Crippen LogP contribution in [0.1, 0.15) is 18.1 Å². The fraction of sp³-hybridized carbons (Fsp3) is 0.286. The molecule has 2 aromatic heterocycles. The van der Waals surface area contributed by atoms with E-state index in [0.717, 1.165) is 23.1 Å². The third-order valence-electron chi connectivity index (χ3n) is 5.08. The molecular formula is C21H22FN5O2. The van der Waals surface area contributed by atoms with Crippen LogP contribution in [0.15, 0.2) is 42.9 Å². The van der Waals surface area contributed by atoms with E-state index < -0.39 is 0 Å². The number of aromatic nitrogens is 3. The van der Waals surface area contributed by atoms with Gasteiger partial charge in [0.05, 0.1) is 13.3 Å². The number of nitrogens with one attached hydrogen (secondary N) is 1. The van der Waals surface area contributed by atoms with E-state index in [1.165, 1.54) is 19.2 Å². The van der Waals surface area contributed by atoms with Crippen LogP contribution in [0.5, 0.6) is 5.75 Å². The van der Waals surface area contributed by atoms with Gasteiger partial charge in [0, 0.05) is 49.2 Å². The number of benzene rings is 1. The fourth-order valence-electron chi connectivity index (χ4n) is 3.57. The van der Waals surface area contributed by atoms with Gasteiger partial charge in [0.2, 0.25) is 0 Å². The first-order valence-corrected chi connectivity index (χ1v) is 9.47. The van der Waals surface area contributed by atoms with E-state index in [1.54, 1.807) is 28.3 Å². The molecule has 0 aliphatic carbocycles. The molecule has 7 nitrogen and oxygen atoms in total. The number of amides is 2. The molecule has 2 amide bonds. The van der Waals surface area contributed by atoms with Gasteiger partial charge in [0.15, 0.2) is 0 Å². The van der Waals surface area contributed by atoms with Crippen LogP contribution in [0, 0.1) is 5.82 Å². The zero-order valence-electron chi connectivity index (χ0n) is 16.4. The lowest BCUT2D eigenvalue weighted by atomic mass is 10.0. The lowest BCUT2D eigenvalue weighted by Crippen LogP contribution is -2.32. The molecule has 3 aromatic rings. The van der Waals surface area contributed by atoms with E-state index in [4.69, 9.17) is 4.74 Å². The molecule has 1 aromatic carbocycles. The smallest absolute Gasteiger partial charge is 0.326 e. The molecule has 1 fully saturated rings. The van der Waals surface area contributed by atoms with Crippen LogP contribution in [0.4, 0.5) is 15.0 Å². The Morgan fingerprint density at radius 3 is 2.79 bits per heavy atom. The van der Waals surface area contributed by atoms with Crippen LogP contribution in [-0.2, 0) is 13.0 Å². The SMILES string of the molecule is CCc1cc(N2CCN(Cc3cc(F)cc(OC)c3)C2=O)ncc1-c1cn[nH]c1. The summed E-state index contributed by atoms with van der Waals surface area (Å²) in [4.78, 5) is 20.8. The number of rotatable bonds is 6. The number of urea groups is 1. The standard InChI is InChI=1S/C21H22FN5O2/c1-3-15-8-20(23-12-19(15)16-10-24-25-11-16)27-5-4-26(21(27)28)13-14-6-17(22)9-18(7-14)29-2/h6-12H,3-5,13H2,1-2H3,(H,24,25). The number of pyridine rings is 1. The molecule has 3 heterocycles. The molecule has 1 aliphatic rings. The number of carbonyl (C=O) groups is 1. The Kier molecular flexibility index (Phi) is 5.16. The lowest BCUT2D eigenvalue weighted by molar-refractivity contribution is 0.218. The first-order valence-electron chi connectivity index (χ1n) is 9.47. The average Bonchev–Trinajstić information content (AvgIpc) is 3.38. The second-order valence-electron chi connectivity index (χ2n) is 6.90. The van der Waals surface area contributed by atoms with Gasteiger partial charge in [-0.2, -0.15) is 5.10 Å². The highest BCUT2D eigenvalue weighted by Crippen LogP contribution is 2.28. The number of carbonyl (C=O) groups excluding carboxylic acids is 1. The van der Waals surface area contributed by atoms with Gasteiger partial charge in [-0.25, -0.2) is 14.2 Å². The van der Waals surface area contributed by atoms with Crippen molar-refractivity contribution in [3.8, 4) is 16.9 Å². The number of nitrogens with zero attached hydrogens (tertiary/aromatic N) is 4. The van der Waals surface area contributed by atoms with Gasteiger partial charge in [-0.1, -0.05) is 6.92 Å². The minimum atomic E-state index is -0.382. The minimum Gasteiger partial charge on any atom is -0.497 e. The summed E-state index contributed by atoms with van der Waals surface area (Å²) in [6.45, 7) is 3.46. The molecule has 0 spiro atoms. The van der Waals surface area contributed by atoms with Crippen molar-refractivity contribution in [1.29, 1.82) is 0 Å². The number of aromatic amines is 1. The quantitative estimate of drug-likeness (QED) is 0.692. The first-order chi connectivity index (χ1) is 14.1. The van der Waals surface area contributed by atoms with E-state index in [1.807, 2.05) is 12.3 Å². The minimum absolute atomic E-state index is 0.140.